The molecule has 0 aliphatic carbocycles. The van der Waals surface area contributed by atoms with E-state index in [1.165, 1.54) is 23.2 Å². The molecule has 0 spiro atoms. The minimum absolute atomic E-state index is 0.0382. The van der Waals surface area contributed by atoms with Gasteiger partial charge in [0.05, 0.1) is 24.4 Å². The number of fused-ring (bicyclic) bond motifs is 1. The standard InChI is InChI=1S/C29H23FN2O4/c1-35-25-13-11-20(12-14-25)27-17-26(22-10-9-19-5-2-3-6-21(19)15-22)31-32(27)28(33)18-36-29(34)23-7-4-8-24(30)16-23/h2-16,27H,17-18H2,1H3. The molecule has 1 amide bonds. The number of carbonyl (C=O) groups is 2. The third-order valence-electron chi connectivity index (χ3n) is 6.14. The van der Waals surface area contributed by atoms with Crippen molar-refractivity contribution in [1.29, 1.82) is 0 Å². The lowest BCUT2D eigenvalue weighted by Gasteiger charge is -2.22. The molecule has 0 N–H and O–H groups in total. The summed E-state index contributed by atoms with van der Waals surface area (Å²) in [6, 6.07) is 26.3. The van der Waals surface area contributed by atoms with Crippen LogP contribution >= 0.6 is 0 Å². The van der Waals surface area contributed by atoms with E-state index in [0.717, 1.165) is 33.7 Å². The van der Waals surface area contributed by atoms with Crippen LogP contribution in [0.2, 0.25) is 0 Å². The minimum Gasteiger partial charge on any atom is -0.497 e. The number of hydrazone groups is 1. The molecular weight excluding hydrogens is 459 g/mol. The normalized spacial score (nSPS) is 15.0. The van der Waals surface area contributed by atoms with Crippen LogP contribution in [-0.2, 0) is 9.53 Å². The lowest BCUT2D eigenvalue weighted by molar-refractivity contribution is -0.136. The van der Waals surface area contributed by atoms with Gasteiger partial charge in [-0.15, -0.1) is 0 Å². The van der Waals surface area contributed by atoms with E-state index in [9.17, 15) is 14.0 Å². The predicted molar refractivity (Wildman–Crippen MR) is 134 cm³/mol. The Morgan fingerprint density at radius 1 is 0.944 bits per heavy atom. The zero-order valence-corrected chi connectivity index (χ0v) is 19.6. The molecule has 1 aliphatic rings. The van der Waals surface area contributed by atoms with Gasteiger partial charge in [0.1, 0.15) is 11.6 Å². The summed E-state index contributed by atoms with van der Waals surface area (Å²) in [4.78, 5) is 25.5. The molecule has 0 radical (unpaired) electrons. The Balaban J connectivity index is 1.41. The number of esters is 1. The predicted octanol–water partition coefficient (Wildman–Crippen LogP) is 5.52. The number of hydrogen-bond acceptors (Lipinski definition) is 5. The fraction of sp³-hybridized carbons (Fsp3) is 0.138. The van der Waals surface area contributed by atoms with Crippen LogP contribution in [0, 0.1) is 5.82 Å². The quantitative estimate of drug-likeness (QED) is 0.339. The molecule has 0 aromatic heterocycles. The van der Waals surface area contributed by atoms with Crippen molar-refractivity contribution in [3.63, 3.8) is 0 Å². The van der Waals surface area contributed by atoms with Gasteiger partial charge in [-0.1, -0.05) is 54.6 Å². The van der Waals surface area contributed by atoms with Crippen molar-refractivity contribution in [3.05, 3.63) is 114 Å². The summed E-state index contributed by atoms with van der Waals surface area (Å²) in [6.07, 6.45) is 0.494. The van der Waals surface area contributed by atoms with Crippen molar-refractivity contribution in [3.8, 4) is 5.75 Å². The van der Waals surface area contributed by atoms with Gasteiger partial charge in [-0.3, -0.25) is 4.79 Å². The van der Waals surface area contributed by atoms with E-state index >= 15 is 0 Å². The summed E-state index contributed by atoms with van der Waals surface area (Å²) in [5.74, 6) is -1.10. The third kappa shape index (κ3) is 4.81. The molecule has 1 unspecified atom stereocenters. The van der Waals surface area contributed by atoms with Gasteiger partial charge in [0.2, 0.25) is 0 Å². The van der Waals surface area contributed by atoms with E-state index in [0.29, 0.717) is 12.2 Å². The average molecular weight is 483 g/mol. The van der Waals surface area contributed by atoms with Crippen molar-refractivity contribution in [2.45, 2.75) is 12.5 Å². The van der Waals surface area contributed by atoms with Gasteiger partial charge in [0.25, 0.3) is 5.91 Å². The van der Waals surface area contributed by atoms with Crippen LogP contribution in [0.4, 0.5) is 4.39 Å². The molecule has 1 heterocycles. The Morgan fingerprint density at radius 2 is 1.72 bits per heavy atom. The monoisotopic (exact) mass is 482 g/mol. The number of amides is 1. The first-order valence-electron chi connectivity index (χ1n) is 11.5. The van der Waals surface area contributed by atoms with E-state index in [2.05, 4.69) is 11.2 Å². The number of rotatable bonds is 6. The Labute approximate surface area is 207 Å². The molecule has 4 aromatic rings. The maximum Gasteiger partial charge on any atom is 0.338 e. The summed E-state index contributed by atoms with van der Waals surface area (Å²) in [7, 11) is 1.59. The summed E-state index contributed by atoms with van der Waals surface area (Å²) in [6.45, 7) is -0.517. The SMILES string of the molecule is COc1ccc(C2CC(c3ccc4ccccc4c3)=NN2C(=O)COC(=O)c2cccc(F)c2)cc1. The van der Waals surface area contributed by atoms with Crippen LogP contribution in [0.1, 0.15) is 33.9 Å². The van der Waals surface area contributed by atoms with E-state index < -0.39 is 24.3 Å². The number of ether oxygens (including phenoxy) is 2. The zero-order valence-electron chi connectivity index (χ0n) is 19.6. The number of benzene rings is 4. The molecule has 0 saturated heterocycles. The second-order valence-corrected chi connectivity index (χ2v) is 8.43. The Kier molecular flexibility index (Phi) is 6.45. The van der Waals surface area contributed by atoms with Gasteiger partial charge >= 0.3 is 5.97 Å². The molecule has 180 valence electrons. The zero-order chi connectivity index (χ0) is 25.1. The van der Waals surface area contributed by atoms with Crippen LogP contribution < -0.4 is 4.74 Å². The molecule has 4 aromatic carbocycles. The Hall–Kier alpha value is -4.52. The molecule has 7 heteroatoms. The fourth-order valence-electron chi connectivity index (χ4n) is 4.26. The number of methoxy groups -OCH3 is 1. The largest absolute Gasteiger partial charge is 0.497 e. The maximum atomic E-state index is 13.5. The molecule has 0 saturated carbocycles. The van der Waals surface area contributed by atoms with Gasteiger partial charge in [0, 0.05) is 6.42 Å². The highest BCUT2D eigenvalue weighted by Crippen LogP contribution is 2.34. The second-order valence-electron chi connectivity index (χ2n) is 8.43. The fourth-order valence-corrected chi connectivity index (χ4v) is 4.26. The molecule has 1 aliphatic heterocycles. The van der Waals surface area contributed by atoms with Gasteiger partial charge < -0.3 is 9.47 Å². The van der Waals surface area contributed by atoms with E-state index in [-0.39, 0.29) is 11.6 Å². The molecule has 5 rings (SSSR count). The van der Waals surface area contributed by atoms with Crippen LogP contribution in [0.3, 0.4) is 0 Å². The van der Waals surface area contributed by atoms with Gasteiger partial charge in [-0.25, -0.2) is 14.2 Å². The van der Waals surface area contributed by atoms with Crippen molar-refractivity contribution in [2.75, 3.05) is 13.7 Å². The lowest BCUT2D eigenvalue weighted by Crippen LogP contribution is -2.31. The Bertz CT molecular complexity index is 1470. The summed E-state index contributed by atoms with van der Waals surface area (Å²) in [5, 5.41) is 8.21. The molecule has 6 nitrogen and oxygen atoms in total. The summed E-state index contributed by atoms with van der Waals surface area (Å²) >= 11 is 0. The summed E-state index contributed by atoms with van der Waals surface area (Å²) in [5.41, 5.74) is 2.59. The first-order chi connectivity index (χ1) is 17.5. The Morgan fingerprint density at radius 3 is 2.47 bits per heavy atom. The van der Waals surface area contributed by atoms with Crippen molar-refractivity contribution in [2.24, 2.45) is 5.10 Å². The molecule has 0 fully saturated rings. The first kappa shape index (κ1) is 23.2. The molecule has 0 bridgehead atoms. The smallest absolute Gasteiger partial charge is 0.338 e. The van der Waals surface area contributed by atoms with E-state index in [1.54, 1.807) is 7.11 Å². The van der Waals surface area contributed by atoms with Crippen LogP contribution in [0.15, 0.2) is 96.1 Å². The number of hydrogen-bond donors (Lipinski definition) is 0. The van der Waals surface area contributed by atoms with Gasteiger partial charge in [-0.05, 0) is 58.3 Å². The number of nitrogens with zero attached hydrogens (tertiary/aromatic N) is 2. The van der Waals surface area contributed by atoms with Gasteiger partial charge in [0.15, 0.2) is 6.61 Å². The minimum atomic E-state index is -0.776. The van der Waals surface area contributed by atoms with E-state index in [4.69, 9.17) is 9.47 Å². The molecule has 36 heavy (non-hydrogen) atoms. The number of carbonyl (C=O) groups excluding carboxylic acids is 2. The lowest BCUT2D eigenvalue weighted by atomic mass is 9.97. The first-order valence-corrected chi connectivity index (χ1v) is 11.5. The van der Waals surface area contributed by atoms with Crippen molar-refractivity contribution in [1.82, 2.24) is 5.01 Å². The van der Waals surface area contributed by atoms with Crippen molar-refractivity contribution < 1.29 is 23.5 Å². The maximum absolute atomic E-state index is 13.5. The van der Waals surface area contributed by atoms with Gasteiger partial charge in [-0.2, -0.15) is 5.10 Å². The average Bonchev–Trinajstić information content (AvgIpc) is 3.37. The molecule has 1 atom stereocenters. The number of halogens is 1. The second kappa shape index (κ2) is 10.00. The van der Waals surface area contributed by atoms with Crippen LogP contribution in [0.5, 0.6) is 5.75 Å². The van der Waals surface area contributed by atoms with Crippen LogP contribution in [0.25, 0.3) is 10.8 Å². The summed E-state index contributed by atoms with van der Waals surface area (Å²) < 4.78 is 23.9. The third-order valence-corrected chi connectivity index (χ3v) is 6.14. The highest BCUT2D eigenvalue weighted by atomic mass is 19.1. The van der Waals surface area contributed by atoms with E-state index in [1.807, 2.05) is 60.7 Å². The highest BCUT2D eigenvalue weighted by Gasteiger charge is 2.33. The topological polar surface area (TPSA) is 68.2 Å². The van der Waals surface area contributed by atoms with Crippen molar-refractivity contribution >= 4 is 28.4 Å². The highest BCUT2D eigenvalue weighted by molar-refractivity contribution is 6.05. The molecular formula is C29H23FN2O4. The van der Waals surface area contributed by atoms with Crippen LogP contribution in [-0.4, -0.2) is 36.3 Å².